The number of benzene rings is 2. The van der Waals surface area contributed by atoms with Gasteiger partial charge in [-0.3, -0.25) is 5.43 Å². The summed E-state index contributed by atoms with van der Waals surface area (Å²) in [5, 5.41) is 6.58. The van der Waals surface area contributed by atoms with Crippen molar-refractivity contribution in [1.82, 2.24) is 10.7 Å². The third kappa shape index (κ3) is 5.88. The summed E-state index contributed by atoms with van der Waals surface area (Å²) in [6, 6.07) is 7.26. The molecule has 5 nitrogen and oxygen atoms in total. The minimum absolute atomic E-state index is 0.0242. The topological polar surface area (TPSA) is 65.7 Å². The predicted molar refractivity (Wildman–Crippen MR) is 113 cm³/mol. The van der Waals surface area contributed by atoms with Crippen molar-refractivity contribution >= 4 is 29.2 Å². The monoisotopic (exact) mass is 457 g/mol. The lowest BCUT2D eigenvalue weighted by molar-refractivity contribution is -0.138. The van der Waals surface area contributed by atoms with Gasteiger partial charge in [-0.15, -0.1) is 0 Å². The standard InChI is InChI=1S/C20H20F5N5S/c21-16-8-18(17(22)7-13(16)10-28-29-19(26)31)30-6-5-14(11-30)27-9-12-3-1-2-4-15(12)20(23,24)25/h1-4,7-8,10,14,27H,5-6,9,11H2,(H3,26,29,31). The van der Waals surface area contributed by atoms with Crippen LogP contribution in [0.2, 0.25) is 0 Å². The molecule has 0 radical (unpaired) electrons. The summed E-state index contributed by atoms with van der Waals surface area (Å²) < 4.78 is 68.3. The molecule has 31 heavy (non-hydrogen) atoms. The Kier molecular flexibility index (Phi) is 7.06. The Labute approximate surface area is 181 Å². The average molecular weight is 457 g/mol. The first kappa shape index (κ1) is 22.9. The normalized spacial score (nSPS) is 16.8. The van der Waals surface area contributed by atoms with Crippen molar-refractivity contribution in [2.75, 3.05) is 18.0 Å². The van der Waals surface area contributed by atoms with Crippen LogP contribution in [-0.2, 0) is 12.7 Å². The number of hydrazone groups is 1. The van der Waals surface area contributed by atoms with Gasteiger partial charge in [-0.1, -0.05) is 18.2 Å². The van der Waals surface area contributed by atoms with Gasteiger partial charge >= 0.3 is 6.18 Å². The Hall–Kier alpha value is -2.79. The summed E-state index contributed by atoms with van der Waals surface area (Å²) in [7, 11) is 0. The van der Waals surface area contributed by atoms with Crippen molar-refractivity contribution in [1.29, 1.82) is 0 Å². The van der Waals surface area contributed by atoms with Crippen LogP contribution in [0.4, 0.5) is 27.6 Å². The lowest BCUT2D eigenvalue weighted by atomic mass is 10.1. The summed E-state index contributed by atoms with van der Waals surface area (Å²) in [6.07, 6.45) is -2.79. The van der Waals surface area contributed by atoms with E-state index in [1.54, 1.807) is 11.0 Å². The molecule has 1 aliphatic rings. The van der Waals surface area contributed by atoms with E-state index in [2.05, 4.69) is 28.1 Å². The molecule has 0 saturated carbocycles. The zero-order valence-corrected chi connectivity index (χ0v) is 17.0. The highest BCUT2D eigenvalue weighted by Gasteiger charge is 2.33. The van der Waals surface area contributed by atoms with Crippen molar-refractivity contribution in [3.63, 3.8) is 0 Å². The molecule has 3 rings (SSSR count). The minimum Gasteiger partial charge on any atom is -0.375 e. The lowest BCUT2D eigenvalue weighted by Gasteiger charge is -2.21. The Morgan fingerprint density at radius 2 is 1.97 bits per heavy atom. The average Bonchev–Trinajstić information content (AvgIpc) is 3.16. The van der Waals surface area contributed by atoms with Gasteiger partial charge in [0.1, 0.15) is 11.6 Å². The number of nitrogens with zero attached hydrogens (tertiary/aromatic N) is 2. The molecular formula is C20H20F5N5S. The highest BCUT2D eigenvalue weighted by Crippen LogP contribution is 2.32. The number of rotatable bonds is 6. The molecule has 1 aliphatic heterocycles. The summed E-state index contributed by atoms with van der Waals surface area (Å²) in [6.45, 7) is 0.794. The number of hydrogen-bond donors (Lipinski definition) is 3. The summed E-state index contributed by atoms with van der Waals surface area (Å²) >= 11 is 4.57. The molecule has 1 fully saturated rings. The van der Waals surface area contributed by atoms with E-state index in [1.807, 2.05) is 0 Å². The van der Waals surface area contributed by atoms with Crippen molar-refractivity contribution in [3.05, 3.63) is 64.7 Å². The third-order valence-electron chi connectivity index (χ3n) is 4.88. The van der Waals surface area contributed by atoms with Crippen LogP contribution < -0.4 is 21.4 Å². The maximum absolute atomic E-state index is 14.5. The summed E-state index contributed by atoms with van der Waals surface area (Å²) in [5.41, 5.74) is 6.91. The van der Waals surface area contributed by atoms with Gasteiger partial charge in [0.15, 0.2) is 5.11 Å². The van der Waals surface area contributed by atoms with Crippen LogP contribution in [0.15, 0.2) is 41.5 Å². The van der Waals surface area contributed by atoms with E-state index in [4.69, 9.17) is 5.73 Å². The number of nitrogens with one attached hydrogen (secondary N) is 2. The van der Waals surface area contributed by atoms with Crippen molar-refractivity contribution in [2.45, 2.75) is 25.2 Å². The molecule has 2 aromatic carbocycles. The SMILES string of the molecule is NC(=S)NN=Cc1cc(F)c(N2CCC(NCc3ccccc3C(F)(F)F)C2)cc1F. The van der Waals surface area contributed by atoms with Crippen molar-refractivity contribution in [3.8, 4) is 0 Å². The molecule has 0 bridgehead atoms. The highest BCUT2D eigenvalue weighted by atomic mass is 32.1. The van der Waals surface area contributed by atoms with Crippen LogP contribution in [0.25, 0.3) is 0 Å². The predicted octanol–water partition coefficient (Wildman–Crippen LogP) is 3.52. The van der Waals surface area contributed by atoms with Gasteiger partial charge in [0.2, 0.25) is 0 Å². The number of hydrogen-bond acceptors (Lipinski definition) is 4. The molecule has 2 aromatic rings. The van der Waals surface area contributed by atoms with E-state index in [0.717, 1.165) is 24.4 Å². The maximum atomic E-state index is 14.5. The lowest BCUT2D eigenvalue weighted by Crippen LogP contribution is -2.33. The van der Waals surface area contributed by atoms with E-state index in [1.165, 1.54) is 12.1 Å². The fourth-order valence-electron chi connectivity index (χ4n) is 3.41. The highest BCUT2D eigenvalue weighted by molar-refractivity contribution is 7.80. The van der Waals surface area contributed by atoms with Crippen LogP contribution >= 0.6 is 12.2 Å². The largest absolute Gasteiger partial charge is 0.416 e. The first-order valence-corrected chi connectivity index (χ1v) is 9.77. The van der Waals surface area contributed by atoms with E-state index >= 15 is 0 Å². The zero-order valence-electron chi connectivity index (χ0n) is 16.2. The van der Waals surface area contributed by atoms with Gasteiger partial charge in [0, 0.05) is 37.3 Å². The Morgan fingerprint density at radius 3 is 2.68 bits per heavy atom. The first-order chi connectivity index (χ1) is 14.6. The van der Waals surface area contributed by atoms with E-state index < -0.39 is 23.4 Å². The second-order valence-electron chi connectivity index (χ2n) is 7.03. The molecule has 11 heteroatoms. The van der Waals surface area contributed by atoms with Crippen LogP contribution in [0, 0.1) is 11.6 Å². The Bertz CT molecular complexity index is 979. The molecule has 1 heterocycles. The van der Waals surface area contributed by atoms with Crippen LogP contribution in [-0.4, -0.2) is 30.5 Å². The molecule has 0 aromatic heterocycles. The molecule has 1 atom stereocenters. The number of thiocarbonyl (C=S) groups is 1. The molecule has 0 aliphatic carbocycles. The Morgan fingerprint density at radius 1 is 1.23 bits per heavy atom. The molecule has 1 saturated heterocycles. The van der Waals surface area contributed by atoms with Gasteiger partial charge < -0.3 is 16.0 Å². The van der Waals surface area contributed by atoms with Gasteiger partial charge in [-0.25, -0.2) is 8.78 Å². The number of anilines is 1. The summed E-state index contributed by atoms with van der Waals surface area (Å²) in [5.74, 6) is -1.32. The first-order valence-electron chi connectivity index (χ1n) is 9.36. The second kappa shape index (κ2) is 9.56. The molecule has 1 unspecified atom stereocenters. The molecule has 4 N–H and O–H groups in total. The maximum Gasteiger partial charge on any atom is 0.416 e. The molecule has 0 amide bonds. The smallest absolute Gasteiger partial charge is 0.375 e. The third-order valence-corrected chi connectivity index (χ3v) is 4.97. The van der Waals surface area contributed by atoms with Gasteiger partial charge in [0.25, 0.3) is 0 Å². The van der Waals surface area contributed by atoms with Gasteiger partial charge in [0.05, 0.1) is 17.5 Å². The number of alkyl halides is 3. The van der Waals surface area contributed by atoms with Gasteiger partial charge in [-0.2, -0.15) is 18.3 Å². The van der Waals surface area contributed by atoms with Crippen LogP contribution in [0.1, 0.15) is 23.1 Å². The number of halogens is 5. The second-order valence-corrected chi connectivity index (χ2v) is 7.47. The quantitative estimate of drug-likeness (QED) is 0.268. The van der Waals surface area contributed by atoms with Gasteiger partial charge in [-0.05, 0) is 36.3 Å². The van der Waals surface area contributed by atoms with E-state index in [-0.39, 0.29) is 34.5 Å². The fraction of sp³-hybridized carbons (Fsp3) is 0.300. The van der Waals surface area contributed by atoms with Crippen molar-refractivity contribution < 1.29 is 22.0 Å². The van der Waals surface area contributed by atoms with E-state index in [9.17, 15) is 22.0 Å². The number of nitrogens with two attached hydrogens (primary N) is 1. The van der Waals surface area contributed by atoms with Crippen molar-refractivity contribution in [2.24, 2.45) is 10.8 Å². The van der Waals surface area contributed by atoms with Crippen LogP contribution in [0.3, 0.4) is 0 Å². The zero-order chi connectivity index (χ0) is 22.6. The molecule has 0 spiro atoms. The van der Waals surface area contributed by atoms with E-state index in [0.29, 0.717) is 19.5 Å². The van der Waals surface area contributed by atoms with Crippen LogP contribution in [0.5, 0.6) is 0 Å². The molecule has 166 valence electrons. The fourth-order valence-corrected chi connectivity index (χ4v) is 3.46. The minimum atomic E-state index is -4.43. The Balaban J connectivity index is 1.64. The summed E-state index contributed by atoms with van der Waals surface area (Å²) in [4.78, 5) is 1.65. The molecular weight excluding hydrogens is 437 g/mol.